The molecule has 0 heterocycles. The van der Waals surface area contributed by atoms with E-state index in [1.165, 1.54) is 0 Å². The monoisotopic (exact) mass is 310 g/mol. The SMILES string of the molecule is COCCOc1ccccc1CNC(=O)NCCCC(=O)O. The van der Waals surface area contributed by atoms with E-state index in [-0.39, 0.29) is 12.5 Å². The summed E-state index contributed by atoms with van der Waals surface area (Å²) in [7, 11) is 1.60. The van der Waals surface area contributed by atoms with E-state index in [2.05, 4.69) is 10.6 Å². The predicted octanol–water partition coefficient (Wildman–Crippen LogP) is 1.38. The third-order valence-corrected chi connectivity index (χ3v) is 2.81. The molecule has 0 aliphatic carbocycles. The van der Waals surface area contributed by atoms with Gasteiger partial charge in [-0.1, -0.05) is 18.2 Å². The molecule has 0 bridgehead atoms. The second-order valence-electron chi connectivity index (χ2n) is 4.56. The zero-order valence-electron chi connectivity index (χ0n) is 12.6. The van der Waals surface area contributed by atoms with Crippen LogP contribution in [0, 0.1) is 0 Å². The topological polar surface area (TPSA) is 96.9 Å². The molecular formula is C15H22N2O5. The molecule has 1 rings (SSSR count). The molecule has 0 saturated carbocycles. The van der Waals surface area contributed by atoms with E-state index < -0.39 is 5.97 Å². The number of aliphatic carboxylic acids is 1. The number of nitrogens with one attached hydrogen (secondary N) is 2. The minimum atomic E-state index is -0.871. The highest BCUT2D eigenvalue weighted by Gasteiger charge is 2.05. The zero-order valence-corrected chi connectivity index (χ0v) is 12.6. The number of carboxylic acids is 1. The summed E-state index contributed by atoms with van der Waals surface area (Å²) in [5.74, 6) is -0.171. The van der Waals surface area contributed by atoms with Gasteiger partial charge < -0.3 is 25.2 Å². The Morgan fingerprint density at radius 1 is 1.18 bits per heavy atom. The molecular weight excluding hydrogens is 288 g/mol. The van der Waals surface area contributed by atoms with Crippen LogP contribution in [0.3, 0.4) is 0 Å². The Morgan fingerprint density at radius 2 is 1.95 bits per heavy atom. The number of methoxy groups -OCH3 is 1. The van der Waals surface area contributed by atoms with Crippen LogP contribution in [-0.2, 0) is 16.1 Å². The normalized spacial score (nSPS) is 10.0. The van der Waals surface area contributed by atoms with Crippen LogP contribution in [-0.4, -0.2) is 44.0 Å². The van der Waals surface area contributed by atoms with E-state index in [1.54, 1.807) is 7.11 Å². The molecule has 0 aliphatic heterocycles. The van der Waals surface area contributed by atoms with Gasteiger partial charge in [-0.05, 0) is 12.5 Å². The molecule has 1 aromatic rings. The first-order valence-electron chi connectivity index (χ1n) is 7.06. The van der Waals surface area contributed by atoms with Crippen LogP contribution >= 0.6 is 0 Å². The molecule has 22 heavy (non-hydrogen) atoms. The van der Waals surface area contributed by atoms with Gasteiger partial charge >= 0.3 is 12.0 Å². The number of carbonyl (C=O) groups is 2. The maximum Gasteiger partial charge on any atom is 0.315 e. The maximum absolute atomic E-state index is 11.6. The standard InChI is InChI=1S/C15H22N2O5/c1-21-9-10-22-13-6-3-2-5-12(13)11-17-15(20)16-8-4-7-14(18)19/h2-3,5-6H,4,7-11H2,1H3,(H,18,19)(H2,16,17,20). The molecule has 3 N–H and O–H groups in total. The smallest absolute Gasteiger partial charge is 0.315 e. The number of hydrogen-bond donors (Lipinski definition) is 3. The van der Waals surface area contributed by atoms with Crippen LogP contribution < -0.4 is 15.4 Å². The first-order chi connectivity index (χ1) is 10.6. The second kappa shape index (κ2) is 10.4. The number of urea groups is 1. The van der Waals surface area contributed by atoms with Crippen LogP contribution in [0.2, 0.25) is 0 Å². The quantitative estimate of drug-likeness (QED) is 0.567. The lowest BCUT2D eigenvalue weighted by Crippen LogP contribution is -2.35. The van der Waals surface area contributed by atoms with Gasteiger partial charge in [-0.25, -0.2) is 4.79 Å². The molecule has 0 aliphatic rings. The van der Waals surface area contributed by atoms with Gasteiger partial charge in [0, 0.05) is 32.2 Å². The Labute approximate surface area is 129 Å². The van der Waals surface area contributed by atoms with E-state index in [9.17, 15) is 9.59 Å². The highest BCUT2D eigenvalue weighted by atomic mass is 16.5. The summed E-state index contributed by atoms with van der Waals surface area (Å²) in [6, 6.07) is 7.09. The largest absolute Gasteiger partial charge is 0.491 e. The van der Waals surface area contributed by atoms with Gasteiger partial charge in [0.15, 0.2) is 0 Å². The van der Waals surface area contributed by atoms with Crippen molar-refractivity contribution in [2.24, 2.45) is 0 Å². The third-order valence-electron chi connectivity index (χ3n) is 2.81. The first kappa shape index (κ1) is 17.8. The van der Waals surface area contributed by atoms with Crippen molar-refractivity contribution in [1.82, 2.24) is 10.6 Å². The van der Waals surface area contributed by atoms with E-state index in [1.807, 2.05) is 24.3 Å². The van der Waals surface area contributed by atoms with Gasteiger partial charge in [-0.15, -0.1) is 0 Å². The predicted molar refractivity (Wildman–Crippen MR) is 80.9 cm³/mol. The molecule has 0 fully saturated rings. The number of rotatable bonds is 10. The highest BCUT2D eigenvalue weighted by molar-refractivity contribution is 5.74. The highest BCUT2D eigenvalue weighted by Crippen LogP contribution is 2.17. The van der Waals surface area contributed by atoms with Crippen molar-refractivity contribution < 1.29 is 24.2 Å². The summed E-state index contributed by atoms with van der Waals surface area (Å²) < 4.78 is 10.5. The van der Waals surface area contributed by atoms with Crippen LogP contribution in [0.5, 0.6) is 5.75 Å². The van der Waals surface area contributed by atoms with Crippen LogP contribution in [0.25, 0.3) is 0 Å². The lowest BCUT2D eigenvalue weighted by atomic mass is 10.2. The summed E-state index contributed by atoms with van der Waals surface area (Å²) in [5.41, 5.74) is 0.860. The molecule has 0 spiro atoms. The molecule has 7 nitrogen and oxygen atoms in total. The van der Waals surface area contributed by atoms with E-state index in [0.717, 1.165) is 5.56 Å². The van der Waals surface area contributed by atoms with E-state index in [4.69, 9.17) is 14.6 Å². The molecule has 0 aromatic heterocycles. The molecule has 0 saturated heterocycles. The lowest BCUT2D eigenvalue weighted by molar-refractivity contribution is -0.137. The fourth-order valence-electron chi connectivity index (χ4n) is 1.71. The molecule has 0 atom stereocenters. The van der Waals surface area contributed by atoms with Crippen molar-refractivity contribution in [3.63, 3.8) is 0 Å². The van der Waals surface area contributed by atoms with E-state index in [0.29, 0.717) is 38.5 Å². The van der Waals surface area contributed by atoms with Gasteiger partial charge in [0.25, 0.3) is 0 Å². The van der Waals surface area contributed by atoms with Gasteiger partial charge in [-0.3, -0.25) is 4.79 Å². The van der Waals surface area contributed by atoms with Crippen molar-refractivity contribution in [2.45, 2.75) is 19.4 Å². The Kier molecular flexibility index (Phi) is 8.44. The third kappa shape index (κ3) is 7.49. The Balaban J connectivity index is 2.33. The fourth-order valence-corrected chi connectivity index (χ4v) is 1.71. The van der Waals surface area contributed by atoms with Crippen molar-refractivity contribution in [1.29, 1.82) is 0 Å². The number of carboxylic acid groups (broad SMARTS) is 1. The molecule has 122 valence electrons. The van der Waals surface area contributed by atoms with Crippen molar-refractivity contribution in [3.8, 4) is 5.75 Å². The summed E-state index contributed by atoms with van der Waals surface area (Å²) in [4.78, 5) is 22.0. The second-order valence-corrected chi connectivity index (χ2v) is 4.56. The number of benzene rings is 1. The first-order valence-corrected chi connectivity index (χ1v) is 7.06. The van der Waals surface area contributed by atoms with Gasteiger partial charge in [-0.2, -0.15) is 0 Å². The van der Waals surface area contributed by atoms with Gasteiger partial charge in [0.1, 0.15) is 12.4 Å². The molecule has 0 unspecified atom stereocenters. The number of hydrogen-bond acceptors (Lipinski definition) is 4. The Hall–Kier alpha value is -2.28. The number of amides is 2. The minimum Gasteiger partial charge on any atom is -0.491 e. The molecule has 7 heteroatoms. The van der Waals surface area contributed by atoms with Crippen LogP contribution in [0.4, 0.5) is 4.79 Å². The Morgan fingerprint density at radius 3 is 2.68 bits per heavy atom. The van der Waals surface area contributed by atoms with Gasteiger partial charge in [0.2, 0.25) is 0 Å². The summed E-state index contributed by atoms with van der Waals surface area (Å²) in [6.07, 6.45) is 0.440. The maximum atomic E-state index is 11.6. The number of ether oxygens (including phenoxy) is 2. The lowest BCUT2D eigenvalue weighted by Gasteiger charge is -2.12. The zero-order chi connectivity index (χ0) is 16.2. The average molecular weight is 310 g/mol. The number of para-hydroxylation sites is 1. The summed E-state index contributed by atoms with van der Waals surface area (Å²) in [6.45, 7) is 1.58. The van der Waals surface area contributed by atoms with Crippen molar-refractivity contribution in [2.75, 3.05) is 26.9 Å². The summed E-state index contributed by atoms with van der Waals surface area (Å²) in [5, 5.41) is 13.8. The molecule has 1 aromatic carbocycles. The van der Waals surface area contributed by atoms with Crippen molar-refractivity contribution >= 4 is 12.0 Å². The minimum absolute atomic E-state index is 0.0381. The summed E-state index contributed by atoms with van der Waals surface area (Å²) >= 11 is 0. The van der Waals surface area contributed by atoms with E-state index >= 15 is 0 Å². The van der Waals surface area contributed by atoms with Crippen molar-refractivity contribution in [3.05, 3.63) is 29.8 Å². The average Bonchev–Trinajstić information content (AvgIpc) is 2.50. The fraction of sp³-hybridized carbons (Fsp3) is 0.467. The molecule has 0 radical (unpaired) electrons. The Bertz CT molecular complexity index is 479. The van der Waals surface area contributed by atoms with Crippen LogP contribution in [0.15, 0.2) is 24.3 Å². The van der Waals surface area contributed by atoms with Gasteiger partial charge in [0.05, 0.1) is 6.61 Å². The number of carbonyl (C=O) groups excluding carboxylic acids is 1. The van der Waals surface area contributed by atoms with Crippen LogP contribution in [0.1, 0.15) is 18.4 Å². The molecule has 2 amide bonds.